The van der Waals surface area contributed by atoms with E-state index in [0.29, 0.717) is 6.54 Å². The van der Waals surface area contributed by atoms with E-state index in [0.717, 1.165) is 31.3 Å². The summed E-state index contributed by atoms with van der Waals surface area (Å²) in [6, 6.07) is 7.78. The normalized spacial score (nSPS) is 9.33. The summed E-state index contributed by atoms with van der Waals surface area (Å²) < 4.78 is 1.28. The fourth-order valence-electron chi connectivity index (χ4n) is 0.943. The van der Waals surface area contributed by atoms with Crippen LogP contribution in [0, 0.1) is 0 Å². The van der Waals surface area contributed by atoms with Crippen LogP contribution in [0.1, 0.15) is 17.3 Å². The molecule has 0 aliphatic carbocycles. The molecule has 1 amide bonds. The first-order valence-corrected chi connectivity index (χ1v) is 6.12. The van der Waals surface area contributed by atoms with Gasteiger partial charge in [0, 0.05) is 0 Å². The van der Waals surface area contributed by atoms with Crippen molar-refractivity contribution in [3.05, 3.63) is 29.8 Å². The number of rotatable bonds is 2. The van der Waals surface area contributed by atoms with Gasteiger partial charge in [-0.05, 0) is 0 Å². The van der Waals surface area contributed by atoms with Gasteiger partial charge in [0.1, 0.15) is 0 Å². The summed E-state index contributed by atoms with van der Waals surface area (Å²) in [5, 5.41) is 2.77. The molecule has 0 saturated heterocycles. The van der Waals surface area contributed by atoms with Crippen LogP contribution in [0.3, 0.4) is 0 Å². The van der Waals surface area contributed by atoms with Crippen LogP contribution in [-0.2, 0) is 0 Å². The third-order valence-corrected chi connectivity index (χ3v) is 2.88. The molecule has 0 fully saturated rings. The van der Waals surface area contributed by atoms with Gasteiger partial charge in [-0.1, -0.05) is 0 Å². The van der Waals surface area contributed by atoms with Crippen LogP contribution in [0.25, 0.3) is 0 Å². The second kappa shape index (κ2) is 4.59. The number of nitrogens with one attached hydrogen (secondary N) is 1. The Hall–Kier alpha value is -0.388. The fourth-order valence-corrected chi connectivity index (χ4v) is 2.07. The molecule has 0 spiro atoms. The van der Waals surface area contributed by atoms with Gasteiger partial charge in [0.2, 0.25) is 0 Å². The zero-order valence-corrected chi connectivity index (χ0v) is 11.5. The summed E-state index contributed by atoms with van der Waals surface area (Å²) in [6.07, 6.45) is 0. The SMILES string of the molecule is CCNC(=O)c1ccc[c]([Tl])c1. The van der Waals surface area contributed by atoms with Crippen LogP contribution in [0.5, 0.6) is 0 Å². The van der Waals surface area contributed by atoms with Gasteiger partial charge >= 0.3 is 88.2 Å². The third kappa shape index (κ3) is 2.58. The van der Waals surface area contributed by atoms with Crippen LogP contribution in [-0.4, -0.2) is 38.2 Å². The van der Waals surface area contributed by atoms with Gasteiger partial charge in [0.15, 0.2) is 0 Å². The van der Waals surface area contributed by atoms with E-state index < -0.39 is 0 Å². The van der Waals surface area contributed by atoms with Crippen molar-refractivity contribution in [3.8, 4) is 0 Å². The molecule has 1 N–H and O–H groups in total. The molecule has 60 valence electrons. The van der Waals surface area contributed by atoms with Crippen molar-refractivity contribution >= 4 is 34.8 Å². The maximum absolute atomic E-state index is 11.3. The summed E-state index contributed by atoms with van der Waals surface area (Å²) in [7, 11) is 0. The molecule has 1 aromatic rings. The molecule has 0 unspecified atom stereocenters. The summed E-state index contributed by atoms with van der Waals surface area (Å²) in [5.74, 6) is 0.0278. The van der Waals surface area contributed by atoms with Crippen LogP contribution < -0.4 is 8.44 Å². The monoisotopic (exact) mass is 353 g/mol. The number of hydrogen-bond donors (Lipinski definition) is 1. The average Bonchev–Trinajstić information content (AvgIpc) is 2.05. The minimum absolute atomic E-state index is 0.0278. The van der Waals surface area contributed by atoms with E-state index in [2.05, 4.69) is 5.32 Å². The molecule has 0 aliphatic heterocycles. The molecule has 0 atom stereocenters. The number of carbonyl (C=O) groups excluding carboxylic acids is 1. The minimum atomic E-state index is 0.0278. The molecule has 1 rings (SSSR count). The van der Waals surface area contributed by atoms with Crippen LogP contribution in [0.4, 0.5) is 0 Å². The standard InChI is InChI=1S/C9H10NO.Tl/c1-2-10-9(11)8-6-4-3-5-7-8;/h3-4,6-7H,2H2,1H3,(H,10,11);. The van der Waals surface area contributed by atoms with Crippen molar-refractivity contribution in [2.75, 3.05) is 6.54 Å². The Morgan fingerprint density at radius 1 is 1.58 bits per heavy atom. The Morgan fingerprint density at radius 3 is 2.92 bits per heavy atom. The Balaban J connectivity index is 2.81. The van der Waals surface area contributed by atoms with Crippen molar-refractivity contribution in [2.24, 2.45) is 0 Å². The number of hydrogen-bond acceptors (Lipinski definition) is 1. The Bertz CT molecular complexity index is 286. The van der Waals surface area contributed by atoms with E-state index in [4.69, 9.17) is 0 Å². The van der Waals surface area contributed by atoms with Gasteiger partial charge in [0.05, 0.1) is 0 Å². The molecule has 3 heteroatoms. The van der Waals surface area contributed by atoms with Gasteiger partial charge < -0.3 is 0 Å². The van der Waals surface area contributed by atoms with Gasteiger partial charge in [-0.3, -0.25) is 0 Å². The van der Waals surface area contributed by atoms with Gasteiger partial charge in [-0.25, -0.2) is 0 Å². The first kappa shape index (κ1) is 9.70. The van der Waals surface area contributed by atoms with Crippen LogP contribution >= 0.6 is 0 Å². The van der Waals surface area contributed by atoms with E-state index in [1.807, 2.05) is 31.2 Å². The molecular weight excluding hydrogens is 342 g/mol. The fraction of sp³-hybridized carbons (Fsp3) is 0.222. The average molecular weight is 353 g/mol. The summed E-state index contributed by atoms with van der Waals surface area (Å²) in [6.45, 7) is 2.61. The third-order valence-electron chi connectivity index (χ3n) is 1.49. The molecule has 0 saturated carbocycles. The molecule has 12 heavy (non-hydrogen) atoms. The molecule has 0 aromatic heterocycles. The summed E-state index contributed by atoms with van der Waals surface area (Å²) in [4.78, 5) is 11.3. The number of amides is 1. The topological polar surface area (TPSA) is 29.1 Å². The van der Waals surface area contributed by atoms with Crippen LogP contribution in [0.2, 0.25) is 0 Å². The van der Waals surface area contributed by atoms with Crippen molar-refractivity contribution in [2.45, 2.75) is 6.92 Å². The zero-order chi connectivity index (χ0) is 8.97. The predicted octanol–water partition coefficient (Wildman–Crippen LogP) is 0.230. The maximum atomic E-state index is 11.3. The van der Waals surface area contributed by atoms with Gasteiger partial charge in [-0.15, -0.1) is 0 Å². The van der Waals surface area contributed by atoms with E-state index in [9.17, 15) is 4.79 Å². The Kier molecular flexibility index (Phi) is 3.71. The summed E-state index contributed by atoms with van der Waals surface area (Å²) in [5.41, 5.74) is 0.775. The van der Waals surface area contributed by atoms with Crippen molar-refractivity contribution in [1.82, 2.24) is 5.32 Å². The van der Waals surface area contributed by atoms with Gasteiger partial charge in [-0.2, -0.15) is 0 Å². The molecule has 0 heterocycles. The van der Waals surface area contributed by atoms with Crippen LogP contribution in [0.15, 0.2) is 24.3 Å². The van der Waals surface area contributed by atoms with E-state index in [1.54, 1.807) is 0 Å². The quantitative estimate of drug-likeness (QED) is 0.759. The molecule has 0 aliphatic rings. The number of benzene rings is 1. The second-order valence-electron chi connectivity index (χ2n) is 2.48. The predicted molar refractivity (Wildman–Crippen MR) is 49.8 cm³/mol. The zero-order valence-electron chi connectivity index (χ0n) is 7.00. The Morgan fingerprint density at radius 2 is 2.33 bits per heavy atom. The van der Waals surface area contributed by atoms with Crippen molar-refractivity contribution < 1.29 is 4.79 Å². The molecule has 2 nitrogen and oxygen atoms in total. The number of carbonyl (C=O) groups is 1. The first-order chi connectivity index (χ1) is 5.74. The molecule has 1 aromatic carbocycles. The Labute approximate surface area is 88.0 Å². The molecular formula is C9H10NOTl. The molecule has 0 bridgehead atoms. The van der Waals surface area contributed by atoms with Crippen molar-refractivity contribution in [3.63, 3.8) is 0 Å². The first-order valence-electron chi connectivity index (χ1n) is 3.87. The van der Waals surface area contributed by atoms with E-state index >= 15 is 0 Å². The molecule has 0 radical (unpaired) electrons. The van der Waals surface area contributed by atoms with E-state index in [1.165, 1.54) is 3.12 Å². The van der Waals surface area contributed by atoms with E-state index in [-0.39, 0.29) is 5.91 Å². The van der Waals surface area contributed by atoms with Crippen molar-refractivity contribution in [1.29, 1.82) is 0 Å². The second-order valence-corrected chi connectivity index (χ2v) is 5.08. The summed E-state index contributed by atoms with van der Waals surface area (Å²) >= 11 is 0.796. The van der Waals surface area contributed by atoms with Gasteiger partial charge in [0.25, 0.3) is 0 Å².